The van der Waals surface area contributed by atoms with Gasteiger partial charge in [0.05, 0.1) is 22.4 Å². The molecule has 8 aromatic carbocycles. The van der Waals surface area contributed by atoms with Crippen LogP contribution in [0.15, 0.2) is 180 Å². The monoisotopic (exact) mass is 1100 g/mol. The fourth-order valence-electron chi connectivity index (χ4n) is 10.3. The van der Waals surface area contributed by atoms with Gasteiger partial charge in [-0.25, -0.2) is 4.98 Å². The molecule has 0 atom stereocenters. The third-order valence-corrected chi connectivity index (χ3v) is 13.8. The number of hydrogen-bond acceptors (Lipinski definition) is 4. The topological polar surface area (TPSA) is 58.0 Å². The number of benzene rings is 8. The van der Waals surface area contributed by atoms with Gasteiger partial charge in [0.15, 0.2) is 0 Å². The third kappa shape index (κ3) is 7.95. The SMILES string of the molecule is CC(C)c1cccc(C(C)C)c1-c1ccc2oc3c(-c4nc5ccccc5n4-c4ccccc4-c4ccccc4)[c-]c(Oc4[c-]c5c(cc4)c4ccccc4n5-c4cc(C(C)(C)C)ccn4)cc3c2c1.[Pt+2]. The maximum atomic E-state index is 7.05. The second kappa shape index (κ2) is 18.0. The quantitative estimate of drug-likeness (QED) is 0.135. The van der Waals surface area contributed by atoms with E-state index < -0.39 is 0 Å². The maximum Gasteiger partial charge on any atom is 2.00 e. The van der Waals surface area contributed by atoms with Gasteiger partial charge in [0.1, 0.15) is 11.4 Å². The van der Waals surface area contributed by atoms with Crippen molar-refractivity contribution in [3.05, 3.63) is 205 Å². The van der Waals surface area contributed by atoms with Gasteiger partial charge in [0, 0.05) is 39.8 Å². The molecule has 4 heterocycles. The Hall–Kier alpha value is -7.53. The second-order valence-corrected chi connectivity index (χ2v) is 20.0. The Kier molecular flexibility index (Phi) is 11.6. The van der Waals surface area contributed by atoms with Crippen LogP contribution in [0.2, 0.25) is 0 Å². The minimum atomic E-state index is -0.0582. The molecule has 0 aliphatic carbocycles. The maximum absolute atomic E-state index is 7.05. The van der Waals surface area contributed by atoms with Crippen LogP contribution in [0.4, 0.5) is 0 Å². The predicted octanol–water partition coefficient (Wildman–Crippen LogP) is 17.4. The van der Waals surface area contributed by atoms with E-state index >= 15 is 0 Å². The molecule has 0 saturated heterocycles. The van der Waals surface area contributed by atoms with Crippen molar-refractivity contribution in [2.24, 2.45) is 0 Å². The van der Waals surface area contributed by atoms with Crippen LogP contribution < -0.4 is 4.74 Å². The van der Waals surface area contributed by atoms with Gasteiger partial charge in [-0.3, -0.25) is 4.98 Å². The zero-order valence-electron chi connectivity index (χ0n) is 40.8. The average molecular weight is 1100 g/mol. The number of para-hydroxylation sites is 4. The number of pyridine rings is 1. The molecule has 350 valence electrons. The number of hydrogen-bond donors (Lipinski definition) is 0. The Morgan fingerprint density at radius 1 is 0.577 bits per heavy atom. The summed E-state index contributed by atoms with van der Waals surface area (Å²) in [7, 11) is 0. The number of imidazole rings is 1. The Labute approximate surface area is 428 Å². The summed E-state index contributed by atoms with van der Waals surface area (Å²) in [6.07, 6.45) is 1.90. The molecule has 6 nitrogen and oxygen atoms in total. The molecule has 4 aromatic heterocycles. The molecule has 0 unspecified atom stereocenters. The van der Waals surface area contributed by atoms with Crippen molar-refractivity contribution in [3.8, 4) is 56.6 Å². The van der Waals surface area contributed by atoms with E-state index in [0.717, 1.165) is 77.4 Å². The van der Waals surface area contributed by atoms with Crippen molar-refractivity contribution in [3.63, 3.8) is 0 Å². The number of rotatable bonds is 9. The van der Waals surface area contributed by atoms with Gasteiger partial charge in [0.2, 0.25) is 0 Å². The Morgan fingerprint density at radius 2 is 1.30 bits per heavy atom. The Balaban J connectivity index is 0.00000547. The summed E-state index contributed by atoms with van der Waals surface area (Å²) < 4.78 is 18.5. The molecule has 0 aliphatic rings. The largest absolute Gasteiger partial charge is 2.00 e. The van der Waals surface area contributed by atoms with Crippen molar-refractivity contribution < 1.29 is 30.2 Å². The first kappa shape index (κ1) is 45.9. The molecule has 71 heavy (non-hydrogen) atoms. The van der Waals surface area contributed by atoms with E-state index in [1.54, 1.807) is 0 Å². The fourth-order valence-corrected chi connectivity index (χ4v) is 10.3. The van der Waals surface area contributed by atoms with Gasteiger partial charge in [-0.05, 0) is 105 Å². The van der Waals surface area contributed by atoms with Crippen molar-refractivity contribution in [1.29, 1.82) is 0 Å². The zero-order chi connectivity index (χ0) is 47.8. The van der Waals surface area contributed by atoms with Crippen LogP contribution in [0, 0.1) is 12.1 Å². The molecule has 0 amide bonds. The van der Waals surface area contributed by atoms with E-state index in [-0.39, 0.29) is 26.5 Å². The number of furan rings is 1. The molecule has 0 N–H and O–H groups in total. The minimum absolute atomic E-state index is 0. The number of aromatic nitrogens is 4. The number of ether oxygens (including phenoxy) is 1. The number of fused-ring (bicyclic) bond motifs is 7. The standard InChI is InChI=1S/C64H52N4O2.Pt/c1-39(2)46-22-17-23-47(40(3)4)61(46)42-28-31-59-51(34-42)52-36-45(69-44-29-30-50-49-21-12-15-26-56(49)67(58(50)38-44)60-35-43(32-33-65-60)64(5,6)7)37-53(62(52)70-59)63-66-54-24-13-16-27-57(54)68(63)55-25-14-11-20-48(55)41-18-9-8-10-19-41;/h8-36,39-40H,1-7H3;/q-2;+2. The normalized spacial score (nSPS) is 12.0. The first-order valence-electron chi connectivity index (χ1n) is 24.3. The van der Waals surface area contributed by atoms with Gasteiger partial charge in [-0.2, -0.15) is 6.07 Å². The van der Waals surface area contributed by atoms with Crippen LogP contribution in [0.5, 0.6) is 11.5 Å². The Morgan fingerprint density at radius 3 is 2.07 bits per heavy atom. The van der Waals surface area contributed by atoms with E-state index in [2.05, 4.69) is 227 Å². The first-order chi connectivity index (χ1) is 34.0. The summed E-state index contributed by atoms with van der Waals surface area (Å²) in [5, 5.41) is 4.07. The molecule has 0 saturated carbocycles. The molecule has 0 fully saturated rings. The van der Waals surface area contributed by atoms with E-state index in [4.69, 9.17) is 19.1 Å². The molecule has 7 heteroatoms. The second-order valence-electron chi connectivity index (χ2n) is 20.0. The summed E-state index contributed by atoms with van der Waals surface area (Å²) in [5.74, 6) is 3.26. The van der Waals surface area contributed by atoms with Crippen LogP contribution in [0.1, 0.15) is 77.0 Å². The minimum Gasteiger partial charge on any atom is -0.503 e. The van der Waals surface area contributed by atoms with Crippen LogP contribution in [-0.2, 0) is 26.5 Å². The van der Waals surface area contributed by atoms with E-state index in [1.165, 1.54) is 22.3 Å². The zero-order valence-corrected chi connectivity index (χ0v) is 43.1. The smallest absolute Gasteiger partial charge is 0.503 e. The van der Waals surface area contributed by atoms with Crippen molar-refractivity contribution >= 4 is 54.8 Å². The average Bonchev–Trinajstić information content (AvgIpc) is 4.05. The van der Waals surface area contributed by atoms with Gasteiger partial charge in [-0.1, -0.05) is 180 Å². The summed E-state index contributed by atoms with van der Waals surface area (Å²) in [6.45, 7) is 15.8. The summed E-state index contributed by atoms with van der Waals surface area (Å²) in [5.41, 5.74) is 15.3. The first-order valence-corrected chi connectivity index (χ1v) is 24.3. The van der Waals surface area contributed by atoms with Crippen LogP contribution >= 0.6 is 0 Å². The van der Waals surface area contributed by atoms with Crippen molar-refractivity contribution in [2.45, 2.75) is 65.7 Å². The van der Waals surface area contributed by atoms with Crippen LogP contribution in [0.3, 0.4) is 0 Å². The van der Waals surface area contributed by atoms with Crippen molar-refractivity contribution in [2.75, 3.05) is 0 Å². The van der Waals surface area contributed by atoms with E-state index in [1.807, 2.05) is 18.3 Å². The van der Waals surface area contributed by atoms with Crippen molar-refractivity contribution in [1.82, 2.24) is 19.1 Å². The molecule has 0 radical (unpaired) electrons. The van der Waals surface area contributed by atoms with E-state index in [0.29, 0.717) is 40.3 Å². The molecule has 0 aliphatic heterocycles. The predicted molar refractivity (Wildman–Crippen MR) is 288 cm³/mol. The third-order valence-electron chi connectivity index (χ3n) is 13.8. The van der Waals surface area contributed by atoms with Gasteiger partial charge < -0.3 is 18.3 Å². The molecule has 12 rings (SSSR count). The molecule has 0 bridgehead atoms. The van der Waals surface area contributed by atoms with Crippen LogP contribution in [0.25, 0.3) is 99.9 Å². The fraction of sp³-hybridized carbons (Fsp3) is 0.156. The summed E-state index contributed by atoms with van der Waals surface area (Å²) >= 11 is 0. The summed E-state index contributed by atoms with van der Waals surface area (Å²) in [4.78, 5) is 10.3. The molecular weight excluding hydrogens is 1050 g/mol. The molecular formula is C64H52N4O2Pt. The summed E-state index contributed by atoms with van der Waals surface area (Å²) in [6, 6.07) is 67.1. The Bertz CT molecular complexity index is 3960. The molecule has 0 spiro atoms. The van der Waals surface area contributed by atoms with Gasteiger partial charge in [-0.15, -0.1) is 17.5 Å². The number of nitrogens with zero attached hydrogens (tertiary/aromatic N) is 4. The van der Waals surface area contributed by atoms with Crippen LogP contribution in [-0.4, -0.2) is 19.1 Å². The molecule has 12 aromatic rings. The van der Waals surface area contributed by atoms with Gasteiger partial charge >= 0.3 is 21.1 Å². The van der Waals surface area contributed by atoms with Gasteiger partial charge in [0.25, 0.3) is 0 Å². The van der Waals surface area contributed by atoms with E-state index in [9.17, 15) is 0 Å².